The maximum absolute atomic E-state index is 10.9. The number of carbonyl (C=O) groups is 1. The van der Waals surface area contributed by atoms with Crippen LogP contribution in [0.2, 0.25) is 5.02 Å². The van der Waals surface area contributed by atoms with Crippen molar-refractivity contribution in [3.63, 3.8) is 0 Å². The number of aromatic amines is 1. The van der Waals surface area contributed by atoms with Crippen LogP contribution in [0.25, 0.3) is 11.2 Å². The Kier molecular flexibility index (Phi) is 3.02. The number of thioether (sulfide) groups is 1. The van der Waals surface area contributed by atoms with Crippen LogP contribution in [-0.4, -0.2) is 26.1 Å². The lowest BCUT2D eigenvalue weighted by Crippen LogP contribution is -2.22. The van der Waals surface area contributed by atoms with Gasteiger partial charge in [0, 0.05) is 6.20 Å². The first-order chi connectivity index (χ1) is 7.56. The third-order valence-corrected chi connectivity index (χ3v) is 3.18. The average Bonchev–Trinajstić information content (AvgIpc) is 2.58. The molecular weight excluding hydrogens is 248 g/mol. The molecule has 2 heterocycles. The number of hydrogen-bond donors (Lipinski definition) is 2. The minimum absolute atomic E-state index is 0.337. The Morgan fingerprint density at radius 3 is 3.12 bits per heavy atom. The second-order valence-electron chi connectivity index (χ2n) is 3.23. The van der Waals surface area contributed by atoms with E-state index in [9.17, 15) is 4.79 Å². The van der Waals surface area contributed by atoms with Crippen molar-refractivity contribution in [2.24, 2.45) is 5.73 Å². The second-order valence-corrected chi connectivity index (χ2v) is 5.00. The fourth-order valence-electron chi connectivity index (χ4n) is 1.13. The molecule has 0 aliphatic carbocycles. The minimum Gasteiger partial charge on any atom is -0.369 e. The van der Waals surface area contributed by atoms with Gasteiger partial charge in [0.05, 0.1) is 15.8 Å². The minimum atomic E-state index is -0.378. The summed E-state index contributed by atoms with van der Waals surface area (Å²) in [5.74, 6) is -0.378. The zero-order chi connectivity index (χ0) is 11.7. The maximum Gasteiger partial charge on any atom is 0.230 e. The van der Waals surface area contributed by atoms with Gasteiger partial charge in [-0.1, -0.05) is 23.4 Å². The molecule has 0 bridgehead atoms. The van der Waals surface area contributed by atoms with Gasteiger partial charge in [0.1, 0.15) is 0 Å². The van der Waals surface area contributed by atoms with E-state index in [2.05, 4.69) is 15.0 Å². The van der Waals surface area contributed by atoms with Crippen molar-refractivity contribution in [1.82, 2.24) is 15.0 Å². The van der Waals surface area contributed by atoms with Crippen LogP contribution in [0.4, 0.5) is 0 Å². The lowest BCUT2D eigenvalue weighted by molar-refractivity contribution is -0.117. The van der Waals surface area contributed by atoms with Crippen LogP contribution in [-0.2, 0) is 4.79 Å². The summed E-state index contributed by atoms with van der Waals surface area (Å²) in [7, 11) is 0. The fraction of sp³-hybridized carbons (Fsp3) is 0.222. The molecule has 1 atom stereocenters. The Labute approximate surface area is 101 Å². The number of H-pyrrole nitrogens is 1. The summed E-state index contributed by atoms with van der Waals surface area (Å²) in [4.78, 5) is 22.2. The largest absolute Gasteiger partial charge is 0.369 e. The van der Waals surface area contributed by atoms with E-state index < -0.39 is 0 Å². The molecule has 1 unspecified atom stereocenters. The second kappa shape index (κ2) is 4.31. The number of amides is 1. The number of carbonyl (C=O) groups excluding carboxylic acids is 1. The topological polar surface area (TPSA) is 84.7 Å². The number of imidazole rings is 1. The Bertz CT molecular complexity index is 541. The Morgan fingerprint density at radius 2 is 2.44 bits per heavy atom. The third kappa shape index (κ3) is 2.28. The molecule has 0 aromatic carbocycles. The molecule has 16 heavy (non-hydrogen) atoms. The van der Waals surface area contributed by atoms with Crippen LogP contribution in [0.15, 0.2) is 17.4 Å². The monoisotopic (exact) mass is 256 g/mol. The zero-order valence-electron chi connectivity index (χ0n) is 8.40. The van der Waals surface area contributed by atoms with E-state index in [-0.39, 0.29) is 11.2 Å². The number of rotatable bonds is 3. The predicted octanol–water partition coefficient (Wildman–Crippen LogP) is 1.58. The zero-order valence-corrected chi connectivity index (χ0v) is 9.97. The number of nitrogens with zero attached hydrogens (tertiary/aromatic N) is 2. The Balaban J connectivity index is 2.29. The molecule has 0 saturated heterocycles. The molecule has 84 valence electrons. The van der Waals surface area contributed by atoms with Gasteiger partial charge in [0.2, 0.25) is 5.91 Å². The lowest BCUT2D eigenvalue weighted by atomic mass is 10.4. The molecule has 0 aliphatic heterocycles. The van der Waals surface area contributed by atoms with Gasteiger partial charge in [-0.15, -0.1) is 0 Å². The number of nitrogens with two attached hydrogens (primary N) is 1. The normalized spacial score (nSPS) is 12.9. The van der Waals surface area contributed by atoms with Crippen molar-refractivity contribution in [3.8, 4) is 0 Å². The van der Waals surface area contributed by atoms with E-state index in [1.54, 1.807) is 13.0 Å². The number of pyridine rings is 1. The van der Waals surface area contributed by atoms with E-state index in [0.29, 0.717) is 15.8 Å². The van der Waals surface area contributed by atoms with Crippen LogP contribution in [0.1, 0.15) is 6.92 Å². The molecule has 0 aliphatic rings. The average molecular weight is 257 g/mol. The molecule has 2 rings (SSSR count). The number of aromatic nitrogens is 3. The smallest absolute Gasteiger partial charge is 0.230 e. The number of hydrogen-bond acceptors (Lipinski definition) is 4. The Hall–Kier alpha value is -1.27. The highest BCUT2D eigenvalue weighted by atomic mass is 35.5. The van der Waals surface area contributed by atoms with Gasteiger partial charge in [-0.25, -0.2) is 9.97 Å². The van der Waals surface area contributed by atoms with Crippen molar-refractivity contribution in [3.05, 3.63) is 17.3 Å². The van der Waals surface area contributed by atoms with Crippen molar-refractivity contribution in [2.45, 2.75) is 17.3 Å². The summed E-state index contributed by atoms with van der Waals surface area (Å²) >= 11 is 7.05. The van der Waals surface area contributed by atoms with Crippen molar-refractivity contribution < 1.29 is 4.79 Å². The molecule has 0 radical (unpaired) electrons. The fourth-order valence-corrected chi connectivity index (χ4v) is 2.05. The molecule has 2 aromatic rings. The summed E-state index contributed by atoms with van der Waals surface area (Å²) in [6.07, 6.45) is 1.52. The number of primary amides is 1. The summed E-state index contributed by atoms with van der Waals surface area (Å²) in [5, 5.41) is 0.808. The van der Waals surface area contributed by atoms with E-state index >= 15 is 0 Å². The van der Waals surface area contributed by atoms with E-state index in [4.69, 9.17) is 17.3 Å². The SMILES string of the molecule is CC(Sc1nc2ncc(Cl)cc2[nH]1)C(N)=O. The molecule has 1 amide bonds. The van der Waals surface area contributed by atoms with Gasteiger partial charge < -0.3 is 10.7 Å². The van der Waals surface area contributed by atoms with Crippen molar-refractivity contribution in [2.75, 3.05) is 0 Å². The van der Waals surface area contributed by atoms with Gasteiger partial charge >= 0.3 is 0 Å². The Morgan fingerprint density at radius 1 is 1.69 bits per heavy atom. The molecule has 7 heteroatoms. The van der Waals surface area contributed by atoms with Crippen molar-refractivity contribution in [1.29, 1.82) is 0 Å². The molecular formula is C9H9ClN4OS. The highest BCUT2D eigenvalue weighted by Gasteiger charge is 2.13. The van der Waals surface area contributed by atoms with Crippen LogP contribution in [0.5, 0.6) is 0 Å². The molecule has 0 spiro atoms. The molecule has 0 saturated carbocycles. The van der Waals surface area contributed by atoms with Crippen LogP contribution < -0.4 is 5.73 Å². The molecule has 2 aromatic heterocycles. The highest BCUT2D eigenvalue weighted by Crippen LogP contribution is 2.23. The lowest BCUT2D eigenvalue weighted by Gasteiger charge is -2.02. The molecule has 5 nitrogen and oxygen atoms in total. The summed E-state index contributed by atoms with van der Waals surface area (Å²) in [6, 6.07) is 1.73. The first-order valence-electron chi connectivity index (χ1n) is 4.53. The summed E-state index contributed by atoms with van der Waals surface area (Å²) < 4.78 is 0. The predicted molar refractivity (Wildman–Crippen MR) is 63.4 cm³/mol. The summed E-state index contributed by atoms with van der Waals surface area (Å²) in [5.41, 5.74) is 6.48. The van der Waals surface area contributed by atoms with Crippen LogP contribution in [0, 0.1) is 0 Å². The van der Waals surface area contributed by atoms with Crippen molar-refractivity contribution >= 4 is 40.4 Å². The first kappa shape index (κ1) is 11.2. The molecule has 3 N–H and O–H groups in total. The first-order valence-corrected chi connectivity index (χ1v) is 5.79. The van der Waals surface area contributed by atoms with E-state index in [0.717, 1.165) is 5.52 Å². The van der Waals surface area contributed by atoms with Crippen LogP contribution >= 0.6 is 23.4 Å². The van der Waals surface area contributed by atoms with Gasteiger partial charge in [-0.05, 0) is 13.0 Å². The van der Waals surface area contributed by atoms with Crippen LogP contribution in [0.3, 0.4) is 0 Å². The number of nitrogens with one attached hydrogen (secondary N) is 1. The van der Waals surface area contributed by atoms with E-state index in [1.807, 2.05) is 0 Å². The number of fused-ring (bicyclic) bond motifs is 1. The molecule has 0 fully saturated rings. The van der Waals surface area contributed by atoms with Gasteiger partial charge in [-0.2, -0.15) is 0 Å². The van der Waals surface area contributed by atoms with E-state index in [1.165, 1.54) is 18.0 Å². The quantitative estimate of drug-likeness (QED) is 0.817. The highest BCUT2D eigenvalue weighted by molar-refractivity contribution is 8.00. The standard InChI is InChI=1S/C9H9ClN4OS/c1-4(7(11)15)16-9-13-6-2-5(10)3-12-8(6)14-9/h2-4H,1H3,(H2,11,15)(H,12,13,14). The number of halogens is 1. The third-order valence-electron chi connectivity index (χ3n) is 1.97. The van der Waals surface area contributed by atoms with Gasteiger partial charge in [-0.3, -0.25) is 4.79 Å². The maximum atomic E-state index is 10.9. The van der Waals surface area contributed by atoms with Gasteiger partial charge in [0.25, 0.3) is 0 Å². The van der Waals surface area contributed by atoms with Gasteiger partial charge in [0.15, 0.2) is 10.8 Å². The summed E-state index contributed by atoms with van der Waals surface area (Å²) in [6.45, 7) is 1.72.